The number of nitrogens with one attached hydrogen (secondary N) is 2. The van der Waals surface area contributed by atoms with Crippen LogP contribution < -0.4 is 15.4 Å². The minimum atomic E-state index is -0.193. The maximum Gasteiger partial charge on any atom is 0.260 e. The molecule has 1 saturated heterocycles. The summed E-state index contributed by atoms with van der Waals surface area (Å²) in [6.07, 6.45) is 2.95. The van der Waals surface area contributed by atoms with Crippen LogP contribution >= 0.6 is 11.3 Å². The van der Waals surface area contributed by atoms with Gasteiger partial charge in [-0.3, -0.25) is 19.1 Å². The van der Waals surface area contributed by atoms with E-state index < -0.39 is 0 Å². The molecule has 3 heterocycles. The smallest absolute Gasteiger partial charge is 0.260 e. The van der Waals surface area contributed by atoms with E-state index in [9.17, 15) is 14.4 Å². The number of ether oxygens (including phenoxy) is 1. The zero-order valence-corrected chi connectivity index (χ0v) is 17.4. The molecule has 0 atom stereocenters. The highest BCUT2D eigenvalue weighted by Gasteiger charge is 2.30. The lowest BCUT2D eigenvalue weighted by Gasteiger charge is -2.31. The summed E-state index contributed by atoms with van der Waals surface area (Å²) < 4.78 is 6.70. The molecular formula is C18H24N6O4S. The van der Waals surface area contributed by atoms with Gasteiger partial charge >= 0.3 is 0 Å². The van der Waals surface area contributed by atoms with E-state index in [0.717, 1.165) is 0 Å². The van der Waals surface area contributed by atoms with Gasteiger partial charge in [0.1, 0.15) is 5.56 Å². The number of aryl methyl sites for hydroxylation is 1. The van der Waals surface area contributed by atoms with Crippen LogP contribution in [0.2, 0.25) is 0 Å². The normalized spacial score (nSPS) is 14.5. The second-order valence-corrected chi connectivity index (χ2v) is 7.63. The Bertz CT molecular complexity index is 900. The van der Waals surface area contributed by atoms with E-state index in [1.807, 2.05) is 0 Å². The molecule has 0 spiro atoms. The van der Waals surface area contributed by atoms with E-state index in [1.165, 1.54) is 18.4 Å². The third kappa shape index (κ3) is 4.91. The molecule has 156 valence electrons. The molecule has 1 aliphatic rings. The maximum atomic E-state index is 12.7. The summed E-state index contributed by atoms with van der Waals surface area (Å²) in [7, 11) is 4.78. The van der Waals surface area contributed by atoms with Crippen LogP contribution in [0.4, 0.5) is 5.13 Å². The van der Waals surface area contributed by atoms with Gasteiger partial charge in [-0.1, -0.05) is 0 Å². The summed E-state index contributed by atoms with van der Waals surface area (Å²) in [4.78, 5) is 42.7. The van der Waals surface area contributed by atoms with E-state index in [4.69, 9.17) is 4.74 Å². The highest BCUT2D eigenvalue weighted by atomic mass is 32.1. The van der Waals surface area contributed by atoms with Gasteiger partial charge in [-0.2, -0.15) is 0 Å². The number of amides is 3. The Kier molecular flexibility index (Phi) is 6.47. The molecule has 2 aromatic rings. The Morgan fingerprint density at radius 2 is 2.03 bits per heavy atom. The zero-order chi connectivity index (χ0) is 21.0. The summed E-state index contributed by atoms with van der Waals surface area (Å²) in [5.74, 6) is -0.283. The molecule has 0 radical (unpaired) electrons. The highest BCUT2D eigenvalue weighted by molar-refractivity contribution is 7.13. The lowest BCUT2D eigenvalue weighted by atomic mass is 9.95. The molecule has 0 aliphatic carbocycles. The standard InChI is InChI=1S/C18H24N6O4S/c1-19-14(25)8-12-10-29-18(20-12)21-15(26)11-4-6-24(7-5-11)17(27)13-9-23(2)22-16(13)28-3/h9-11H,4-8H2,1-3H3,(H,19,25)(H,20,21,26). The topological polar surface area (TPSA) is 118 Å². The lowest BCUT2D eigenvalue weighted by molar-refractivity contribution is -0.121. The summed E-state index contributed by atoms with van der Waals surface area (Å²) >= 11 is 1.29. The first-order valence-corrected chi connectivity index (χ1v) is 10.1. The lowest BCUT2D eigenvalue weighted by Crippen LogP contribution is -2.41. The van der Waals surface area contributed by atoms with Gasteiger partial charge in [0.05, 0.1) is 19.2 Å². The molecule has 11 heteroatoms. The molecule has 0 aromatic carbocycles. The second-order valence-electron chi connectivity index (χ2n) is 6.78. The first-order chi connectivity index (χ1) is 13.9. The molecule has 2 N–H and O–H groups in total. The fourth-order valence-electron chi connectivity index (χ4n) is 3.19. The van der Waals surface area contributed by atoms with Crippen LogP contribution in [-0.4, -0.2) is 64.6 Å². The van der Waals surface area contributed by atoms with Crippen LogP contribution in [-0.2, 0) is 23.1 Å². The molecule has 1 aliphatic heterocycles. The van der Waals surface area contributed by atoms with E-state index in [0.29, 0.717) is 48.2 Å². The van der Waals surface area contributed by atoms with Crippen molar-refractivity contribution >= 4 is 34.2 Å². The van der Waals surface area contributed by atoms with Gasteiger partial charge < -0.3 is 20.3 Å². The van der Waals surface area contributed by atoms with Crippen LogP contribution in [0.3, 0.4) is 0 Å². The van der Waals surface area contributed by atoms with E-state index in [-0.39, 0.29) is 30.1 Å². The van der Waals surface area contributed by atoms with Crippen molar-refractivity contribution < 1.29 is 19.1 Å². The number of likely N-dealkylation sites (tertiary alicyclic amines) is 1. The predicted octanol–water partition coefficient (Wildman–Crippen LogP) is 0.665. The third-order valence-corrected chi connectivity index (χ3v) is 5.58. The number of carbonyl (C=O) groups is 3. The van der Waals surface area contributed by atoms with Crippen molar-refractivity contribution in [3.63, 3.8) is 0 Å². The van der Waals surface area contributed by atoms with Gasteiger partial charge in [0.15, 0.2) is 5.13 Å². The summed E-state index contributed by atoms with van der Waals surface area (Å²) in [6.45, 7) is 0.962. The number of nitrogens with zero attached hydrogens (tertiary/aromatic N) is 4. The number of rotatable bonds is 6. The number of methoxy groups -OCH3 is 1. The van der Waals surface area contributed by atoms with Gasteiger partial charge in [0.25, 0.3) is 5.91 Å². The van der Waals surface area contributed by atoms with Gasteiger partial charge in [-0.05, 0) is 12.8 Å². The molecule has 0 saturated carbocycles. The first kappa shape index (κ1) is 20.8. The van der Waals surface area contributed by atoms with Crippen molar-refractivity contribution in [2.24, 2.45) is 13.0 Å². The summed E-state index contributed by atoms with van der Waals surface area (Å²) in [5, 5.41) is 11.7. The average Bonchev–Trinajstić information content (AvgIpc) is 3.33. The molecular weight excluding hydrogens is 396 g/mol. The molecule has 0 bridgehead atoms. The van der Waals surface area contributed by atoms with E-state index in [2.05, 4.69) is 20.7 Å². The quantitative estimate of drug-likeness (QED) is 0.709. The van der Waals surface area contributed by atoms with E-state index in [1.54, 1.807) is 35.3 Å². The number of hydrogen-bond donors (Lipinski definition) is 2. The Morgan fingerprint density at radius 3 is 2.69 bits per heavy atom. The largest absolute Gasteiger partial charge is 0.479 e. The van der Waals surface area contributed by atoms with Crippen LogP contribution in [0, 0.1) is 5.92 Å². The Morgan fingerprint density at radius 1 is 1.31 bits per heavy atom. The predicted molar refractivity (Wildman–Crippen MR) is 107 cm³/mol. The molecule has 2 aromatic heterocycles. The molecule has 0 unspecified atom stereocenters. The van der Waals surface area contributed by atoms with E-state index >= 15 is 0 Å². The van der Waals surface area contributed by atoms with Crippen molar-refractivity contribution in [1.82, 2.24) is 25.0 Å². The number of carbonyl (C=O) groups excluding carboxylic acids is 3. The summed E-state index contributed by atoms with van der Waals surface area (Å²) in [5.41, 5.74) is 1.04. The fourth-order valence-corrected chi connectivity index (χ4v) is 3.90. The molecule has 29 heavy (non-hydrogen) atoms. The number of likely N-dealkylation sites (N-methyl/N-ethyl adjacent to an activating group) is 1. The molecule has 1 fully saturated rings. The number of anilines is 1. The monoisotopic (exact) mass is 420 g/mol. The van der Waals surface area contributed by atoms with Crippen LogP contribution in [0.5, 0.6) is 5.88 Å². The fraction of sp³-hybridized carbons (Fsp3) is 0.500. The highest BCUT2D eigenvalue weighted by Crippen LogP contribution is 2.24. The second kappa shape index (κ2) is 9.03. The van der Waals surface area contributed by atoms with Crippen molar-refractivity contribution in [2.75, 3.05) is 32.6 Å². The van der Waals surface area contributed by atoms with Crippen LogP contribution in [0.1, 0.15) is 28.9 Å². The van der Waals surface area contributed by atoms with Crippen molar-refractivity contribution in [2.45, 2.75) is 19.3 Å². The molecule has 3 amide bonds. The minimum Gasteiger partial charge on any atom is -0.479 e. The number of piperidine rings is 1. The maximum absolute atomic E-state index is 12.7. The molecule has 10 nitrogen and oxygen atoms in total. The number of aromatic nitrogens is 3. The van der Waals surface area contributed by atoms with Crippen LogP contribution in [0.15, 0.2) is 11.6 Å². The van der Waals surface area contributed by atoms with Crippen molar-refractivity contribution in [3.05, 3.63) is 22.8 Å². The zero-order valence-electron chi connectivity index (χ0n) is 16.6. The van der Waals surface area contributed by atoms with Crippen LogP contribution in [0.25, 0.3) is 0 Å². The average molecular weight is 420 g/mol. The first-order valence-electron chi connectivity index (χ1n) is 9.24. The number of hydrogen-bond acceptors (Lipinski definition) is 7. The SMILES string of the molecule is CNC(=O)Cc1csc(NC(=O)C2CCN(C(=O)c3cn(C)nc3OC)CC2)n1. The van der Waals surface area contributed by atoms with Crippen molar-refractivity contribution in [3.8, 4) is 5.88 Å². The minimum absolute atomic E-state index is 0.114. The molecule has 3 rings (SSSR count). The van der Waals surface area contributed by atoms with Gasteiger partial charge in [-0.15, -0.1) is 16.4 Å². The number of thiazole rings is 1. The van der Waals surface area contributed by atoms with Gasteiger partial charge in [0, 0.05) is 44.7 Å². The Hall–Kier alpha value is -2.95. The van der Waals surface area contributed by atoms with Gasteiger partial charge in [0.2, 0.25) is 17.7 Å². The third-order valence-electron chi connectivity index (χ3n) is 4.77. The van der Waals surface area contributed by atoms with Gasteiger partial charge in [-0.25, -0.2) is 4.98 Å². The summed E-state index contributed by atoms with van der Waals surface area (Å²) in [6, 6.07) is 0. The van der Waals surface area contributed by atoms with Crippen molar-refractivity contribution in [1.29, 1.82) is 0 Å². The Balaban J connectivity index is 1.53. The Labute approximate surface area is 172 Å².